The first kappa shape index (κ1) is 17.7. The van der Waals surface area contributed by atoms with Crippen LogP contribution >= 0.6 is 27.7 Å². The number of thioether (sulfide) groups is 1. The molecule has 0 spiro atoms. The number of aryl methyl sites for hydroxylation is 1. The number of rotatable bonds is 6. The Labute approximate surface area is 156 Å². The van der Waals surface area contributed by atoms with E-state index in [0.717, 1.165) is 10.0 Å². The minimum absolute atomic E-state index is 0.162. The fraction of sp³-hybridized carbons (Fsp3) is 0.250. The number of carbonyl (C=O) groups is 1. The summed E-state index contributed by atoms with van der Waals surface area (Å²) in [7, 11) is 0. The standard InChI is InChI=1S/C16H15BrN4O3S/c1-9-6-13(20-23-9)18-16(22)10(2)25-8-14-19-15(21-24-14)11-4-3-5-12(17)7-11/h3-7,10H,8H2,1-2H3,(H,18,20,22). The van der Waals surface area contributed by atoms with Crippen LogP contribution in [0.1, 0.15) is 18.6 Å². The van der Waals surface area contributed by atoms with Crippen molar-refractivity contribution in [2.45, 2.75) is 24.9 Å². The maximum Gasteiger partial charge on any atom is 0.238 e. The van der Waals surface area contributed by atoms with Crippen LogP contribution in [0, 0.1) is 6.92 Å². The fourth-order valence-corrected chi connectivity index (χ4v) is 3.10. The van der Waals surface area contributed by atoms with Crippen molar-refractivity contribution in [2.24, 2.45) is 0 Å². The van der Waals surface area contributed by atoms with Crippen molar-refractivity contribution in [1.29, 1.82) is 0 Å². The van der Waals surface area contributed by atoms with Gasteiger partial charge in [0.05, 0.1) is 11.0 Å². The molecule has 0 aliphatic carbocycles. The Morgan fingerprint density at radius 1 is 1.32 bits per heavy atom. The van der Waals surface area contributed by atoms with Gasteiger partial charge in [0.1, 0.15) is 5.76 Å². The van der Waals surface area contributed by atoms with Crippen molar-refractivity contribution < 1.29 is 13.8 Å². The summed E-state index contributed by atoms with van der Waals surface area (Å²) in [6.07, 6.45) is 0. The van der Waals surface area contributed by atoms with Crippen LogP contribution in [-0.2, 0) is 10.5 Å². The molecule has 1 atom stereocenters. The van der Waals surface area contributed by atoms with Crippen LogP contribution in [0.5, 0.6) is 0 Å². The Kier molecular flexibility index (Phi) is 5.54. The first-order valence-corrected chi connectivity index (χ1v) is 9.30. The second kappa shape index (κ2) is 7.83. The molecule has 1 unspecified atom stereocenters. The lowest BCUT2D eigenvalue weighted by atomic mass is 10.2. The molecule has 3 rings (SSSR count). The van der Waals surface area contributed by atoms with Crippen molar-refractivity contribution in [3.05, 3.63) is 46.5 Å². The second-order valence-corrected chi connectivity index (χ2v) is 7.53. The topological polar surface area (TPSA) is 94.1 Å². The van der Waals surface area contributed by atoms with E-state index < -0.39 is 0 Å². The molecule has 9 heteroatoms. The molecule has 2 aromatic heterocycles. The van der Waals surface area contributed by atoms with Crippen LogP contribution in [0.25, 0.3) is 11.4 Å². The smallest absolute Gasteiger partial charge is 0.238 e. The number of nitrogens with zero attached hydrogens (tertiary/aromatic N) is 3. The van der Waals surface area contributed by atoms with E-state index in [4.69, 9.17) is 9.05 Å². The molecule has 130 valence electrons. The molecular formula is C16H15BrN4O3S. The highest BCUT2D eigenvalue weighted by atomic mass is 79.9. The van der Waals surface area contributed by atoms with E-state index in [1.807, 2.05) is 24.3 Å². The molecule has 25 heavy (non-hydrogen) atoms. The van der Waals surface area contributed by atoms with Crippen molar-refractivity contribution in [1.82, 2.24) is 15.3 Å². The van der Waals surface area contributed by atoms with E-state index in [1.165, 1.54) is 11.8 Å². The molecule has 0 radical (unpaired) electrons. The highest BCUT2D eigenvalue weighted by molar-refractivity contribution is 9.10. The number of halogens is 1. The fourth-order valence-electron chi connectivity index (χ4n) is 1.98. The van der Waals surface area contributed by atoms with Crippen LogP contribution in [-0.4, -0.2) is 26.5 Å². The maximum absolute atomic E-state index is 12.1. The van der Waals surface area contributed by atoms with Gasteiger partial charge in [0.15, 0.2) is 5.82 Å². The normalized spacial score (nSPS) is 12.1. The largest absolute Gasteiger partial charge is 0.360 e. The summed E-state index contributed by atoms with van der Waals surface area (Å²) in [5.74, 6) is 2.31. The number of hydrogen-bond donors (Lipinski definition) is 1. The number of nitrogens with one attached hydrogen (secondary N) is 1. The molecule has 0 saturated heterocycles. The summed E-state index contributed by atoms with van der Waals surface area (Å²) in [6.45, 7) is 3.57. The molecule has 3 aromatic rings. The van der Waals surface area contributed by atoms with E-state index >= 15 is 0 Å². The van der Waals surface area contributed by atoms with Crippen molar-refractivity contribution >= 4 is 39.4 Å². The average Bonchev–Trinajstić information content (AvgIpc) is 3.21. The number of benzene rings is 1. The lowest BCUT2D eigenvalue weighted by Crippen LogP contribution is -2.22. The summed E-state index contributed by atoms with van der Waals surface area (Å²) in [5, 5.41) is 10.1. The second-order valence-electron chi connectivity index (χ2n) is 5.29. The molecule has 1 aromatic carbocycles. The zero-order valence-electron chi connectivity index (χ0n) is 13.5. The molecule has 1 amide bonds. The minimum atomic E-state index is -0.307. The van der Waals surface area contributed by atoms with Gasteiger partial charge in [-0.25, -0.2) is 0 Å². The van der Waals surface area contributed by atoms with E-state index in [1.54, 1.807) is 19.9 Å². The van der Waals surface area contributed by atoms with E-state index in [9.17, 15) is 4.79 Å². The summed E-state index contributed by atoms with van der Waals surface area (Å²) in [6, 6.07) is 9.32. The Morgan fingerprint density at radius 2 is 2.16 bits per heavy atom. The van der Waals surface area contributed by atoms with Gasteiger partial charge in [0.2, 0.25) is 17.6 Å². The SMILES string of the molecule is Cc1cc(NC(=O)C(C)SCc2nc(-c3cccc(Br)c3)no2)no1. The first-order valence-electron chi connectivity index (χ1n) is 7.45. The maximum atomic E-state index is 12.1. The van der Waals surface area contributed by atoms with Crippen molar-refractivity contribution in [2.75, 3.05) is 5.32 Å². The van der Waals surface area contributed by atoms with Crippen molar-refractivity contribution in [3.63, 3.8) is 0 Å². The van der Waals surface area contributed by atoms with E-state index in [-0.39, 0.29) is 11.2 Å². The lowest BCUT2D eigenvalue weighted by molar-refractivity contribution is -0.115. The molecule has 0 fully saturated rings. The van der Waals surface area contributed by atoms with Gasteiger partial charge in [-0.15, -0.1) is 11.8 Å². The third-order valence-corrected chi connectivity index (χ3v) is 4.88. The van der Waals surface area contributed by atoms with Gasteiger partial charge in [-0.1, -0.05) is 38.4 Å². The third kappa shape index (κ3) is 4.70. The number of anilines is 1. The van der Waals surface area contributed by atoms with Gasteiger partial charge >= 0.3 is 0 Å². The summed E-state index contributed by atoms with van der Waals surface area (Å²) >= 11 is 4.81. The number of hydrogen-bond acceptors (Lipinski definition) is 7. The van der Waals surface area contributed by atoms with E-state index in [2.05, 4.69) is 36.5 Å². The summed E-state index contributed by atoms with van der Waals surface area (Å²) < 4.78 is 11.1. The van der Waals surface area contributed by atoms with Crippen LogP contribution in [0.15, 0.2) is 43.9 Å². The van der Waals surface area contributed by atoms with Crippen molar-refractivity contribution in [3.8, 4) is 11.4 Å². The van der Waals surface area contributed by atoms with Gasteiger partial charge in [-0.2, -0.15) is 4.98 Å². The van der Waals surface area contributed by atoms with Gasteiger partial charge in [-0.3, -0.25) is 4.79 Å². The van der Waals surface area contributed by atoms with Gasteiger partial charge in [0, 0.05) is 16.1 Å². The molecular weight excluding hydrogens is 408 g/mol. The van der Waals surface area contributed by atoms with Crippen LogP contribution in [0.3, 0.4) is 0 Å². The van der Waals surface area contributed by atoms with Gasteiger partial charge in [-0.05, 0) is 26.0 Å². The van der Waals surface area contributed by atoms with Gasteiger partial charge < -0.3 is 14.4 Å². The van der Waals surface area contributed by atoms with Crippen LogP contribution < -0.4 is 5.32 Å². The summed E-state index contributed by atoms with van der Waals surface area (Å²) in [4.78, 5) is 16.5. The quantitative estimate of drug-likeness (QED) is 0.639. The molecule has 7 nitrogen and oxygen atoms in total. The first-order chi connectivity index (χ1) is 12.0. The average molecular weight is 423 g/mol. The predicted octanol–water partition coefficient (Wildman–Crippen LogP) is 4.06. The molecule has 0 aliphatic rings. The molecule has 0 saturated carbocycles. The third-order valence-electron chi connectivity index (χ3n) is 3.26. The zero-order chi connectivity index (χ0) is 17.8. The Balaban J connectivity index is 1.55. The van der Waals surface area contributed by atoms with Crippen LogP contribution in [0.4, 0.5) is 5.82 Å². The summed E-state index contributed by atoms with van der Waals surface area (Å²) in [5.41, 5.74) is 0.863. The molecule has 0 bridgehead atoms. The number of amides is 1. The van der Waals surface area contributed by atoms with Gasteiger partial charge in [0.25, 0.3) is 0 Å². The van der Waals surface area contributed by atoms with Crippen LogP contribution in [0.2, 0.25) is 0 Å². The zero-order valence-corrected chi connectivity index (χ0v) is 15.9. The lowest BCUT2D eigenvalue weighted by Gasteiger charge is -2.08. The number of carbonyl (C=O) groups excluding carboxylic acids is 1. The van der Waals surface area contributed by atoms with E-state index in [0.29, 0.717) is 29.0 Å². The Bertz CT molecular complexity index is 880. The molecule has 1 N–H and O–H groups in total. The monoisotopic (exact) mass is 422 g/mol. The Morgan fingerprint density at radius 3 is 2.88 bits per heavy atom. The Hall–Kier alpha value is -2.13. The molecule has 2 heterocycles. The predicted molar refractivity (Wildman–Crippen MR) is 98.1 cm³/mol. The molecule has 0 aliphatic heterocycles. The highest BCUT2D eigenvalue weighted by Crippen LogP contribution is 2.23. The minimum Gasteiger partial charge on any atom is -0.360 e. The highest BCUT2D eigenvalue weighted by Gasteiger charge is 2.17. The number of aromatic nitrogens is 3.